The molecule has 0 saturated heterocycles. The first kappa shape index (κ1) is 16.5. The molecule has 128 valence electrons. The number of hydrogen-bond acceptors (Lipinski definition) is 7. The SMILES string of the molecule is CC(C)(C)c1nnc(Sc2ccc3nnc(C(F)(F)F)n3n2)n1N. The number of fused-ring (bicyclic) bond motifs is 1. The molecule has 0 unspecified atom stereocenters. The fraction of sp³-hybridized carbons (Fsp3) is 0.417. The van der Waals surface area contributed by atoms with Crippen LogP contribution in [-0.2, 0) is 11.6 Å². The predicted octanol–water partition coefficient (Wildman–Crippen LogP) is 1.90. The molecule has 3 rings (SSSR count). The average Bonchev–Trinajstić information content (AvgIpc) is 3.02. The Morgan fingerprint density at radius 1 is 1.00 bits per heavy atom. The van der Waals surface area contributed by atoms with Crippen molar-refractivity contribution in [2.45, 2.75) is 42.5 Å². The minimum atomic E-state index is -4.65. The van der Waals surface area contributed by atoms with Crippen molar-refractivity contribution in [1.82, 2.24) is 34.7 Å². The van der Waals surface area contributed by atoms with Gasteiger partial charge in [0.15, 0.2) is 11.5 Å². The highest BCUT2D eigenvalue weighted by molar-refractivity contribution is 7.99. The molecule has 8 nitrogen and oxygen atoms in total. The summed E-state index contributed by atoms with van der Waals surface area (Å²) in [5, 5.41) is 19.0. The molecule has 0 aliphatic carbocycles. The molecule has 0 aromatic carbocycles. The average molecular weight is 358 g/mol. The lowest BCUT2D eigenvalue weighted by atomic mass is 9.96. The molecular weight excluding hydrogens is 345 g/mol. The van der Waals surface area contributed by atoms with Gasteiger partial charge in [0.1, 0.15) is 5.03 Å². The highest BCUT2D eigenvalue weighted by Crippen LogP contribution is 2.30. The summed E-state index contributed by atoms with van der Waals surface area (Å²) in [4.78, 5) is 0. The van der Waals surface area contributed by atoms with Crippen LogP contribution in [0.3, 0.4) is 0 Å². The van der Waals surface area contributed by atoms with E-state index in [-0.39, 0.29) is 16.1 Å². The zero-order chi connectivity index (χ0) is 17.7. The molecule has 0 fully saturated rings. The van der Waals surface area contributed by atoms with E-state index in [1.165, 1.54) is 16.8 Å². The number of nitrogens with zero attached hydrogens (tertiary/aromatic N) is 7. The number of halogens is 3. The Morgan fingerprint density at radius 3 is 2.25 bits per heavy atom. The molecular formula is C12H13F3N8S. The van der Waals surface area contributed by atoms with Gasteiger partial charge in [-0.05, 0) is 23.9 Å². The Bertz CT molecular complexity index is 892. The summed E-state index contributed by atoms with van der Waals surface area (Å²) in [5.41, 5.74) is -0.327. The fourth-order valence-corrected chi connectivity index (χ4v) is 2.67. The maximum Gasteiger partial charge on any atom is 0.453 e. The third-order valence-electron chi connectivity index (χ3n) is 3.02. The molecule has 0 bridgehead atoms. The molecule has 2 N–H and O–H groups in total. The summed E-state index contributed by atoms with van der Waals surface area (Å²) in [7, 11) is 0. The number of nitrogen functional groups attached to an aromatic ring is 1. The summed E-state index contributed by atoms with van der Waals surface area (Å²) >= 11 is 0.998. The quantitative estimate of drug-likeness (QED) is 0.698. The summed E-state index contributed by atoms with van der Waals surface area (Å²) < 4.78 is 40.6. The van der Waals surface area contributed by atoms with E-state index < -0.39 is 12.0 Å². The van der Waals surface area contributed by atoms with Crippen molar-refractivity contribution in [2.75, 3.05) is 5.84 Å². The third kappa shape index (κ3) is 2.88. The van der Waals surface area contributed by atoms with Crippen LogP contribution < -0.4 is 5.84 Å². The molecule has 0 aliphatic heterocycles. The van der Waals surface area contributed by atoms with Crippen LogP contribution in [0.5, 0.6) is 0 Å². The number of alkyl halides is 3. The number of aromatic nitrogens is 7. The van der Waals surface area contributed by atoms with Crippen molar-refractivity contribution >= 4 is 17.4 Å². The minimum Gasteiger partial charge on any atom is -0.336 e. The van der Waals surface area contributed by atoms with Gasteiger partial charge < -0.3 is 5.84 Å². The summed E-state index contributed by atoms with van der Waals surface area (Å²) in [6, 6.07) is 2.90. The molecule has 3 aromatic heterocycles. The highest BCUT2D eigenvalue weighted by atomic mass is 32.2. The van der Waals surface area contributed by atoms with Crippen LogP contribution in [-0.4, -0.2) is 34.7 Å². The number of nitrogens with two attached hydrogens (primary N) is 1. The summed E-state index contributed by atoms with van der Waals surface area (Å²) in [6.45, 7) is 5.77. The second-order valence-corrected chi connectivity index (χ2v) is 6.98. The van der Waals surface area contributed by atoms with Crippen LogP contribution in [0, 0.1) is 0 Å². The Labute approximate surface area is 138 Å². The Kier molecular flexibility index (Phi) is 3.66. The van der Waals surface area contributed by atoms with Gasteiger partial charge in [-0.15, -0.1) is 20.4 Å². The van der Waals surface area contributed by atoms with Gasteiger partial charge in [-0.3, -0.25) is 0 Å². The van der Waals surface area contributed by atoms with Crippen molar-refractivity contribution in [3.8, 4) is 0 Å². The molecule has 0 saturated carbocycles. The lowest BCUT2D eigenvalue weighted by Crippen LogP contribution is -2.24. The lowest BCUT2D eigenvalue weighted by molar-refractivity contribution is -0.146. The van der Waals surface area contributed by atoms with Crippen LogP contribution in [0.25, 0.3) is 5.65 Å². The normalized spacial score (nSPS) is 12.9. The predicted molar refractivity (Wildman–Crippen MR) is 78.8 cm³/mol. The van der Waals surface area contributed by atoms with E-state index in [0.717, 1.165) is 11.8 Å². The molecule has 0 atom stereocenters. The van der Waals surface area contributed by atoms with Crippen LogP contribution in [0.15, 0.2) is 22.3 Å². The number of hydrogen-bond donors (Lipinski definition) is 1. The van der Waals surface area contributed by atoms with Crippen molar-refractivity contribution in [1.29, 1.82) is 0 Å². The third-order valence-corrected chi connectivity index (χ3v) is 3.91. The van der Waals surface area contributed by atoms with Crippen LogP contribution in [0.4, 0.5) is 13.2 Å². The Morgan fingerprint density at radius 2 is 1.67 bits per heavy atom. The highest BCUT2D eigenvalue weighted by Gasteiger charge is 2.37. The topological polar surface area (TPSA) is 99.8 Å². The van der Waals surface area contributed by atoms with E-state index in [2.05, 4.69) is 25.5 Å². The largest absolute Gasteiger partial charge is 0.453 e. The zero-order valence-electron chi connectivity index (χ0n) is 12.9. The van der Waals surface area contributed by atoms with Gasteiger partial charge in [0.25, 0.3) is 5.82 Å². The van der Waals surface area contributed by atoms with Crippen molar-refractivity contribution in [3.63, 3.8) is 0 Å². The van der Waals surface area contributed by atoms with Gasteiger partial charge in [0, 0.05) is 5.41 Å². The molecule has 24 heavy (non-hydrogen) atoms. The van der Waals surface area contributed by atoms with Gasteiger partial charge >= 0.3 is 6.18 Å². The number of rotatable bonds is 2. The first-order valence-electron chi connectivity index (χ1n) is 6.76. The van der Waals surface area contributed by atoms with E-state index in [4.69, 9.17) is 5.84 Å². The Hall–Kier alpha value is -2.37. The Balaban J connectivity index is 1.98. The van der Waals surface area contributed by atoms with E-state index >= 15 is 0 Å². The smallest absolute Gasteiger partial charge is 0.336 e. The van der Waals surface area contributed by atoms with E-state index in [9.17, 15) is 13.2 Å². The molecule has 3 aromatic rings. The van der Waals surface area contributed by atoms with Gasteiger partial charge in [0.05, 0.1) is 0 Å². The fourth-order valence-electron chi connectivity index (χ4n) is 1.95. The van der Waals surface area contributed by atoms with Crippen LogP contribution in [0.1, 0.15) is 32.4 Å². The lowest BCUT2D eigenvalue weighted by Gasteiger charge is -2.16. The van der Waals surface area contributed by atoms with Gasteiger partial charge in [-0.25, -0.2) is 4.68 Å². The maximum atomic E-state index is 12.9. The summed E-state index contributed by atoms with van der Waals surface area (Å²) in [6.07, 6.45) is -4.65. The van der Waals surface area contributed by atoms with Crippen LogP contribution in [0.2, 0.25) is 0 Å². The molecule has 3 heterocycles. The van der Waals surface area contributed by atoms with Crippen molar-refractivity contribution < 1.29 is 13.2 Å². The summed E-state index contributed by atoms with van der Waals surface area (Å²) in [5.74, 6) is 5.32. The second kappa shape index (κ2) is 5.33. The van der Waals surface area contributed by atoms with E-state index in [1.807, 2.05) is 20.8 Å². The van der Waals surface area contributed by atoms with E-state index in [1.54, 1.807) is 0 Å². The van der Waals surface area contributed by atoms with Crippen LogP contribution >= 0.6 is 11.8 Å². The molecule has 0 amide bonds. The maximum absolute atomic E-state index is 12.9. The molecule has 0 radical (unpaired) electrons. The standard InChI is InChI=1S/C12H13F3N8S/c1-11(2,3)8-18-20-10(22(8)16)24-7-5-4-6-17-19-9(12(13,14)15)23(6)21-7/h4-5H,16H2,1-3H3. The minimum absolute atomic E-state index is 0.00345. The second-order valence-electron chi connectivity index (χ2n) is 5.99. The first-order chi connectivity index (χ1) is 11.1. The van der Waals surface area contributed by atoms with Gasteiger partial charge in [0.2, 0.25) is 5.16 Å². The molecule has 0 aliphatic rings. The molecule has 0 spiro atoms. The van der Waals surface area contributed by atoms with Crippen molar-refractivity contribution in [3.05, 3.63) is 23.8 Å². The van der Waals surface area contributed by atoms with E-state index in [0.29, 0.717) is 15.5 Å². The molecule has 12 heteroatoms. The first-order valence-corrected chi connectivity index (χ1v) is 7.57. The van der Waals surface area contributed by atoms with Crippen molar-refractivity contribution in [2.24, 2.45) is 0 Å². The van der Waals surface area contributed by atoms with Gasteiger partial charge in [-0.2, -0.15) is 22.8 Å². The monoisotopic (exact) mass is 358 g/mol. The van der Waals surface area contributed by atoms with Gasteiger partial charge in [-0.1, -0.05) is 20.8 Å². The zero-order valence-corrected chi connectivity index (χ0v) is 13.7.